The highest BCUT2D eigenvalue weighted by Crippen LogP contribution is 2.06. The predicted molar refractivity (Wildman–Crippen MR) is 52.9 cm³/mol. The molecule has 0 aromatic carbocycles. The van der Waals surface area contributed by atoms with Crippen LogP contribution in [0.1, 0.15) is 6.42 Å². The van der Waals surface area contributed by atoms with Gasteiger partial charge in [0.05, 0.1) is 6.26 Å². The van der Waals surface area contributed by atoms with Crippen LogP contribution in [-0.2, 0) is 9.68 Å². The molecule has 0 heterocycles. The van der Waals surface area contributed by atoms with Crippen molar-refractivity contribution in [2.24, 2.45) is 5.73 Å². The number of hydrogen-bond donors (Lipinski definition) is 4. The fourth-order valence-corrected chi connectivity index (χ4v) is 0.827. The first-order valence-electron chi connectivity index (χ1n) is 4.07. The van der Waals surface area contributed by atoms with Crippen LogP contribution in [0.4, 0.5) is 0 Å². The summed E-state index contributed by atoms with van der Waals surface area (Å²) in [6, 6.07) is -1.05. The van der Waals surface area contributed by atoms with Gasteiger partial charge in [-0.3, -0.25) is 4.79 Å². The van der Waals surface area contributed by atoms with E-state index >= 15 is 0 Å². The lowest BCUT2D eigenvalue weighted by atomic mass is 10.1. The van der Waals surface area contributed by atoms with E-state index in [1.807, 2.05) is 0 Å². The van der Waals surface area contributed by atoms with Gasteiger partial charge in [-0.25, -0.2) is 5.26 Å². The molecule has 15 heavy (non-hydrogen) atoms. The molecule has 0 aliphatic rings. The molecular weight excluding hydrogens is 202 g/mol. The highest BCUT2D eigenvalue weighted by atomic mass is 17.1. The number of allylic oxidation sites excluding steroid dienone is 3. The van der Waals surface area contributed by atoms with E-state index in [9.17, 15) is 4.79 Å². The smallest absolute Gasteiger partial charge is 0.320 e. The molecule has 1 atom stereocenters. The Hall–Kier alpha value is -1.79. The summed E-state index contributed by atoms with van der Waals surface area (Å²) in [5.41, 5.74) is 5.78. The Balaban J connectivity index is 4.46. The molecule has 0 unspecified atom stereocenters. The Bertz CT molecular complexity index is 282. The second-order valence-corrected chi connectivity index (χ2v) is 2.64. The monoisotopic (exact) mass is 215 g/mol. The summed E-state index contributed by atoms with van der Waals surface area (Å²) in [5, 5.41) is 25.1. The van der Waals surface area contributed by atoms with Crippen LogP contribution in [0.3, 0.4) is 0 Å². The van der Waals surface area contributed by atoms with Gasteiger partial charge in [0.1, 0.15) is 12.3 Å². The molecule has 6 heteroatoms. The summed E-state index contributed by atoms with van der Waals surface area (Å²) in [4.78, 5) is 14.1. The van der Waals surface area contributed by atoms with Gasteiger partial charge >= 0.3 is 5.97 Å². The molecule has 6 nitrogen and oxygen atoms in total. The molecule has 0 saturated carbocycles. The van der Waals surface area contributed by atoms with Crippen molar-refractivity contribution in [1.82, 2.24) is 0 Å². The maximum atomic E-state index is 10.4. The number of carbonyl (C=O) groups is 1. The number of carboxylic acid groups (broad SMARTS) is 1. The molecule has 0 aliphatic carbocycles. The number of hydrogen-bond acceptors (Lipinski definition) is 5. The number of aliphatic hydroxyl groups is 1. The van der Waals surface area contributed by atoms with E-state index in [0.717, 1.165) is 12.5 Å². The average Bonchev–Trinajstić information content (AvgIpc) is 2.18. The van der Waals surface area contributed by atoms with Crippen molar-refractivity contribution < 1.29 is 25.2 Å². The van der Waals surface area contributed by atoms with Crippen molar-refractivity contribution in [2.75, 3.05) is 0 Å². The molecule has 0 aliphatic heterocycles. The normalized spacial score (nSPS) is 14.7. The Morgan fingerprint density at radius 2 is 2.20 bits per heavy atom. The standard InChI is InChI=1S/C9H13NO5/c10-8(9(12)13)6-7(3-4-11)2-1-5-15-14/h1-5,8,11,14H,6,10H2,(H,12,13)/b4-3+,5-1+,7-2+/t8-/m0/s1. The summed E-state index contributed by atoms with van der Waals surface area (Å²) in [5.74, 6) is -1.13. The third kappa shape index (κ3) is 6.30. The van der Waals surface area contributed by atoms with Gasteiger partial charge in [-0.15, -0.1) is 0 Å². The second kappa shape index (κ2) is 7.60. The van der Waals surface area contributed by atoms with Crippen molar-refractivity contribution in [2.45, 2.75) is 12.5 Å². The Morgan fingerprint density at radius 1 is 1.53 bits per heavy atom. The zero-order valence-corrected chi connectivity index (χ0v) is 7.91. The molecule has 0 bridgehead atoms. The van der Waals surface area contributed by atoms with Crippen LogP contribution in [0.2, 0.25) is 0 Å². The van der Waals surface area contributed by atoms with Crippen LogP contribution in [0, 0.1) is 0 Å². The lowest BCUT2D eigenvalue weighted by molar-refractivity contribution is -0.186. The minimum absolute atomic E-state index is 0.0577. The van der Waals surface area contributed by atoms with E-state index in [4.69, 9.17) is 21.2 Å². The molecule has 0 aromatic heterocycles. The lowest BCUT2D eigenvalue weighted by Gasteiger charge is -2.05. The molecule has 0 saturated heterocycles. The van der Waals surface area contributed by atoms with Crippen LogP contribution < -0.4 is 5.73 Å². The third-order valence-corrected chi connectivity index (χ3v) is 1.51. The van der Waals surface area contributed by atoms with Gasteiger partial charge in [-0.2, -0.15) is 0 Å². The van der Waals surface area contributed by atoms with Gasteiger partial charge in [0.25, 0.3) is 0 Å². The zero-order valence-electron chi connectivity index (χ0n) is 7.91. The fourth-order valence-electron chi connectivity index (χ4n) is 0.827. The largest absolute Gasteiger partial charge is 0.516 e. The predicted octanol–water partition coefficient (Wildman–Crippen LogP) is 0.790. The first-order valence-corrected chi connectivity index (χ1v) is 4.07. The summed E-state index contributed by atoms with van der Waals surface area (Å²) < 4.78 is 0. The Kier molecular flexibility index (Phi) is 6.69. The van der Waals surface area contributed by atoms with Gasteiger partial charge in [0, 0.05) is 0 Å². The van der Waals surface area contributed by atoms with E-state index in [1.54, 1.807) is 0 Å². The molecule has 0 aromatic rings. The maximum absolute atomic E-state index is 10.4. The average molecular weight is 215 g/mol. The number of nitrogens with two attached hydrogens (primary N) is 1. The van der Waals surface area contributed by atoms with Crippen molar-refractivity contribution in [1.29, 1.82) is 0 Å². The van der Waals surface area contributed by atoms with E-state index in [0.29, 0.717) is 5.57 Å². The Morgan fingerprint density at radius 3 is 2.67 bits per heavy atom. The molecule has 0 rings (SSSR count). The van der Waals surface area contributed by atoms with Gasteiger partial charge in [-0.05, 0) is 24.1 Å². The Labute approximate surface area is 86.5 Å². The maximum Gasteiger partial charge on any atom is 0.320 e. The quantitative estimate of drug-likeness (QED) is 0.225. The molecule has 84 valence electrons. The van der Waals surface area contributed by atoms with Gasteiger partial charge in [0.2, 0.25) is 0 Å². The SMILES string of the molecule is N[C@@H](CC(=C/C=C/OO)/C=C/O)C(=O)O. The van der Waals surface area contributed by atoms with Crippen molar-refractivity contribution in [3.05, 3.63) is 36.3 Å². The summed E-state index contributed by atoms with van der Waals surface area (Å²) >= 11 is 0. The zero-order chi connectivity index (χ0) is 11.7. The summed E-state index contributed by atoms with van der Waals surface area (Å²) in [6.07, 6.45) is 5.90. The number of rotatable bonds is 6. The topological polar surface area (TPSA) is 113 Å². The molecule has 5 N–H and O–H groups in total. The highest BCUT2D eigenvalue weighted by Gasteiger charge is 2.11. The van der Waals surface area contributed by atoms with E-state index < -0.39 is 12.0 Å². The lowest BCUT2D eigenvalue weighted by Crippen LogP contribution is -2.30. The first kappa shape index (κ1) is 13.2. The molecule has 0 radical (unpaired) electrons. The van der Waals surface area contributed by atoms with Crippen LogP contribution >= 0.6 is 0 Å². The van der Waals surface area contributed by atoms with Gasteiger partial charge in [-0.1, -0.05) is 6.08 Å². The van der Waals surface area contributed by atoms with Gasteiger partial charge in [0.15, 0.2) is 0 Å². The minimum Gasteiger partial charge on any atom is -0.516 e. The summed E-state index contributed by atoms with van der Waals surface area (Å²) in [6.45, 7) is 0. The van der Waals surface area contributed by atoms with Crippen molar-refractivity contribution in [3.63, 3.8) is 0 Å². The van der Waals surface area contributed by atoms with Crippen molar-refractivity contribution in [3.8, 4) is 0 Å². The number of aliphatic carboxylic acids is 1. The second-order valence-electron chi connectivity index (χ2n) is 2.64. The summed E-state index contributed by atoms with van der Waals surface area (Å²) in [7, 11) is 0. The van der Waals surface area contributed by atoms with Crippen LogP contribution in [0.25, 0.3) is 0 Å². The first-order chi connectivity index (χ1) is 7.11. The van der Waals surface area contributed by atoms with E-state index in [1.165, 1.54) is 18.2 Å². The fraction of sp³-hybridized carbons (Fsp3) is 0.222. The van der Waals surface area contributed by atoms with Crippen LogP contribution in [-0.4, -0.2) is 27.5 Å². The van der Waals surface area contributed by atoms with Crippen LogP contribution in [0.5, 0.6) is 0 Å². The number of aliphatic hydroxyl groups excluding tert-OH is 1. The molecule has 0 fully saturated rings. The molecule has 0 amide bonds. The van der Waals surface area contributed by atoms with E-state index in [-0.39, 0.29) is 6.42 Å². The highest BCUT2D eigenvalue weighted by molar-refractivity contribution is 5.73. The minimum atomic E-state index is -1.13. The molecule has 0 spiro atoms. The van der Waals surface area contributed by atoms with E-state index in [2.05, 4.69) is 4.89 Å². The van der Waals surface area contributed by atoms with Crippen LogP contribution in [0.15, 0.2) is 36.3 Å². The third-order valence-electron chi connectivity index (χ3n) is 1.51. The van der Waals surface area contributed by atoms with Gasteiger partial charge < -0.3 is 20.8 Å². The van der Waals surface area contributed by atoms with Crippen molar-refractivity contribution >= 4 is 5.97 Å². The molecular formula is C9H13NO5. The number of carboxylic acids is 1.